The van der Waals surface area contributed by atoms with Crippen molar-refractivity contribution in [1.29, 1.82) is 0 Å². The van der Waals surface area contributed by atoms with E-state index in [0.717, 1.165) is 13.1 Å². The Morgan fingerprint density at radius 1 is 1.28 bits per heavy atom. The van der Waals surface area contributed by atoms with E-state index in [1.807, 2.05) is 6.92 Å². The second kappa shape index (κ2) is 7.10. The lowest BCUT2D eigenvalue weighted by Gasteiger charge is -2.41. The molecule has 1 aliphatic rings. The summed E-state index contributed by atoms with van der Waals surface area (Å²) in [5, 5.41) is 0. The first kappa shape index (κ1) is 15.4. The van der Waals surface area contributed by atoms with Gasteiger partial charge in [-0.25, -0.2) is 0 Å². The minimum Gasteiger partial charge on any atom is -0.465 e. The summed E-state index contributed by atoms with van der Waals surface area (Å²) in [6.07, 6.45) is 4.94. The van der Waals surface area contributed by atoms with Gasteiger partial charge in [0.25, 0.3) is 0 Å². The third kappa shape index (κ3) is 3.95. The van der Waals surface area contributed by atoms with Gasteiger partial charge in [-0.2, -0.15) is 0 Å². The van der Waals surface area contributed by atoms with Crippen molar-refractivity contribution < 1.29 is 9.53 Å². The van der Waals surface area contributed by atoms with Crippen molar-refractivity contribution in [1.82, 2.24) is 4.90 Å². The number of ether oxygens (including phenoxy) is 1. The first-order valence-electron chi connectivity index (χ1n) is 7.21. The van der Waals surface area contributed by atoms with Crippen LogP contribution in [-0.4, -0.2) is 43.2 Å². The second-order valence-corrected chi connectivity index (χ2v) is 5.37. The van der Waals surface area contributed by atoms with Crippen molar-refractivity contribution in [3.05, 3.63) is 0 Å². The highest BCUT2D eigenvalue weighted by atomic mass is 16.5. The number of esters is 1. The predicted molar refractivity (Wildman–Crippen MR) is 73.3 cm³/mol. The Hall–Kier alpha value is -0.610. The fraction of sp³-hybridized carbons (Fsp3) is 0.929. The Labute approximate surface area is 111 Å². The van der Waals surface area contributed by atoms with E-state index in [2.05, 4.69) is 18.7 Å². The van der Waals surface area contributed by atoms with Gasteiger partial charge in [-0.3, -0.25) is 4.79 Å². The van der Waals surface area contributed by atoms with Crippen LogP contribution >= 0.6 is 0 Å². The predicted octanol–water partition coefficient (Wildman–Crippen LogP) is 1.78. The molecular formula is C14H28N2O2. The zero-order valence-corrected chi connectivity index (χ0v) is 12.1. The number of nitrogens with zero attached hydrogens (tertiary/aromatic N) is 1. The second-order valence-electron chi connectivity index (χ2n) is 5.37. The Morgan fingerprint density at radius 3 is 2.28 bits per heavy atom. The van der Waals surface area contributed by atoms with E-state index >= 15 is 0 Å². The zero-order valence-electron chi connectivity index (χ0n) is 12.1. The van der Waals surface area contributed by atoms with Gasteiger partial charge in [0.05, 0.1) is 6.61 Å². The molecule has 106 valence electrons. The molecule has 0 aromatic rings. The fourth-order valence-electron chi connectivity index (χ4n) is 2.77. The summed E-state index contributed by atoms with van der Waals surface area (Å²) in [6, 6.07) is -0.499. The highest BCUT2D eigenvalue weighted by molar-refractivity contribution is 5.75. The molecule has 0 radical (unpaired) electrons. The van der Waals surface area contributed by atoms with E-state index in [0.29, 0.717) is 18.6 Å². The van der Waals surface area contributed by atoms with Crippen LogP contribution in [0.5, 0.6) is 0 Å². The zero-order chi connectivity index (χ0) is 13.6. The molecule has 4 nitrogen and oxygen atoms in total. The number of piperidine rings is 1. The maximum Gasteiger partial charge on any atom is 0.324 e. The Kier molecular flexibility index (Phi) is 6.09. The van der Waals surface area contributed by atoms with Crippen LogP contribution in [0.3, 0.4) is 0 Å². The van der Waals surface area contributed by atoms with Gasteiger partial charge in [-0.15, -0.1) is 0 Å². The van der Waals surface area contributed by atoms with Crippen LogP contribution < -0.4 is 5.73 Å². The van der Waals surface area contributed by atoms with E-state index in [-0.39, 0.29) is 5.97 Å². The number of hydrogen-bond donors (Lipinski definition) is 1. The van der Waals surface area contributed by atoms with Crippen molar-refractivity contribution >= 4 is 5.97 Å². The van der Waals surface area contributed by atoms with Gasteiger partial charge in [0.1, 0.15) is 6.04 Å². The molecule has 1 fully saturated rings. The monoisotopic (exact) mass is 256 g/mol. The number of likely N-dealkylation sites (tertiary alicyclic amines) is 1. The Morgan fingerprint density at radius 2 is 1.83 bits per heavy atom. The molecule has 0 aromatic carbocycles. The number of nitrogens with two attached hydrogens (primary N) is 1. The van der Waals surface area contributed by atoms with Crippen LogP contribution in [0.2, 0.25) is 0 Å². The molecule has 1 aliphatic heterocycles. The SMILES string of the molecule is CCOC(=O)C(N)CN1CCC(CC)(CC)CC1. The molecule has 0 amide bonds. The van der Waals surface area contributed by atoms with E-state index < -0.39 is 6.04 Å². The molecule has 0 spiro atoms. The molecule has 0 aliphatic carbocycles. The molecule has 1 heterocycles. The maximum absolute atomic E-state index is 11.5. The third-order valence-electron chi connectivity index (χ3n) is 4.46. The van der Waals surface area contributed by atoms with Gasteiger partial charge >= 0.3 is 5.97 Å². The average Bonchev–Trinajstić information content (AvgIpc) is 2.40. The van der Waals surface area contributed by atoms with Gasteiger partial charge in [-0.1, -0.05) is 26.7 Å². The number of carbonyl (C=O) groups is 1. The van der Waals surface area contributed by atoms with Crippen molar-refractivity contribution in [3.63, 3.8) is 0 Å². The first-order chi connectivity index (χ1) is 8.56. The lowest BCUT2D eigenvalue weighted by molar-refractivity contribution is -0.145. The quantitative estimate of drug-likeness (QED) is 0.736. The summed E-state index contributed by atoms with van der Waals surface area (Å²) >= 11 is 0. The lowest BCUT2D eigenvalue weighted by Crippen LogP contribution is -2.48. The molecule has 0 bridgehead atoms. The molecule has 1 unspecified atom stereocenters. The van der Waals surface area contributed by atoms with Gasteiger partial charge in [0.15, 0.2) is 0 Å². The summed E-state index contributed by atoms with van der Waals surface area (Å²) in [7, 11) is 0. The van der Waals surface area contributed by atoms with Gasteiger partial charge in [0.2, 0.25) is 0 Å². The molecule has 4 heteroatoms. The standard InChI is InChI=1S/C14H28N2O2/c1-4-14(5-2)7-9-16(10-8-14)11-12(15)13(17)18-6-3/h12H,4-11,15H2,1-3H3. The molecule has 1 atom stereocenters. The van der Waals surface area contributed by atoms with Crippen LogP contribution in [0, 0.1) is 5.41 Å². The smallest absolute Gasteiger partial charge is 0.324 e. The molecule has 0 saturated carbocycles. The third-order valence-corrected chi connectivity index (χ3v) is 4.46. The van der Waals surface area contributed by atoms with Crippen LogP contribution in [0.15, 0.2) is 0 Å². The molecule has 1 saturated heterocycles. The van der Waals surface area contributed by atoms with Crippen molar-refractivity contribution in [2.75, 3.05) is 26.2 Å². The largest absolute Gasteiger partial charge is 0.465 e. The molecule has 18 heavy (non-hydrogen) atoms. The lowest BCUT2D eigenvalue weighted by atomic mass is 9.74. The van der Waals surface area contributed by atoms with Crippen molar-refractivity contribution in [3.8, 4) is 0 Å². The van der Waals surface area contributed by atoms with Gasteiger partial charge in [0, 0.05) is 6.54 Å². The number of hydrogen-bond acceptors (Lipinski definition) is 4. The number of carbonyl (C=O) groups excluding carboxylic acids is 1. The topological polar surface area (TPSA) is 55.6 Å². The number of rotatable bonds is 6. The minimum absolute atomic E-state index is 0.277. The maximum atomic E-state index is 11.5. The normalized spacial score (nSPS) is 21.6. The van der Waals surface area contributed by atoms with Crippen LogP contribution in [-0.2, 0) is 9.53 Å². The summed E-state index contributed by atoms with van der Waals surface area (Å²) in [6.45, 7) is 9.50. The van der Waals surface area contributed by atoms with Gasteiger partial charge < -0.3 is 15.4 Å². The molecular weight excluding hydrogens is 228 g/mol. The van der Waals surface area contributed by atoms with E-state index in [1.165, 1.54) is 25.7 Å². The summed E-state index contributed by atoms with van der Waals surface area (Å²) in [5.74, 6) is -0.277. The fourth-order valence-corrected chi connectivity index (χ4v) is 2.77. The summed E-state index contributed by atoms with van der Waals surface area (Å²) < 4.78 is 4.94. The Bertz CT molecular complexity index is 255. The molecule has 0 aromatic heterocycles. The minimum atomic E-state index is -0.499. The molecule has 2 N–H and O–H groups in total. The van der Waals surface area contributed by atoms with Gasteiger partial charge in [-0.05, 0) is 38.3 Å². The van der Waals surface area contributed by atoms with E-state index in [1.54, 1.807) is 0 Å². The highest BCUT2D eigenvalue weighted by Gasteiger charge is 2.32. The van der Waals surface area contributed by atoms with Crippen molar-refractivity contribution in [2.45, 2.75) is 52.5 Å². The summed E-state index contributed by atoms with van der Waals surface area (Å²) in [5.41, 5.74) is 6.37. The summed E-state index contributed by atoms with van der Waals surface area (Å²) in [4.78, 5) is 13.8. The first-order valence-corrected chi connectivity index (χ1v) is 7.21. The Balaban J connectivity index is 2.37. The molecule has 1 rings (SSSR count). The van der Waals surface area contributed by atoms with Crippen LogP contribution in [0.25, 0.3) is 0 Å². The van der Waals surface area contributed by atoms with E-state index in [4.69, 9.17) is 10.5 Å². The highest BCUT2D eigenvalue weighted by Crippen LogP contribution is 2.37. The van der Waals surface area contributed by atoms with E-state index in [9.17, 15) is 4.79 Å². The van der Waals surface area contributed by atoms with Crippen LogP contribution in [0.4, 0.5) is 0 Å². The average molecular weight is 256 g/mol. The van der Waals surface area contributed by atoms with Crippen molar-refractivity contribution in [2.24, 2.45) is 11.1 Å². The van der Waals surface area contributed by atoms with Crippen LogP contribution in [0.1, 0.15) is 46.5 Å².